The van der Waals surface area contributed by atoms with Gasteiger partial charge in [0.15, 0.2) is 0 Å². The number of rotatable bonds is 7. The van der Waals surface area contributed by atoms with Crippen molar-refractivity contribution < 1.29 is 14.3 Å². The zero-order valence-electron chi connectivity index (χ0n) is 15.0. The van der Waals surface area contributed by atoms with E-state index in [1.165, 1.54) is 11.8 Å². The van der Waals surface area contributed by atoms with E-state index in [2.05, 4.69) is 15.5 Å². The summed E-state index contributed by atoms with van der Waals surface area (Å²) < 4.78 is 10.3. The van der Waals surface area contributed by atoms with Gasteiger partial charge >= 0.3 is 0 Å². The Morgan fingerprint density at radius 2 is 1.74 bits per heavy atom. The molecule has 2 aromatic carbocycles. The van der Waals surface area contributed by atoms with E-state index in [-0.39, 0.29) is 11.7 Å². The molecule has 27 heavy (non-hydrogen) atoms. The first-order valence-electron chi connectivity index (χ1n) is 8.23. The molecule has 0 unspecified atom stereocenters. The Morgan fingerprint density at radius 1 is 0.963 bits per heavy atom. The summed E-state index contributed by atoms with van der Waals surface area (Å²) in [6.07, 6.45) is 0. The molecule has 0 aliphatic rings. The summed E-state index contributed by atoms with van der Waals surface area (Å²) in [5.74, 6) is 1.61. The van der Waals surface area contributed by atoms with Crippen molar-refractivity contribution in [2.75, 3.05) is 25.3 Å². The van der Waals surface area contributed by atoms with Crippen molar-refractivity contribution in [3.8, 4) is 22.8 Å². The van der Waals surface area contributed by atoms with Gasteiger partial charge in [-0.25, -0.2) is 0 Å². The molecule has 0 aliphatic heterocycles. The number of hydrogen-bond donors (Lipinski definition) is 1. The predicted octanol–water partition coefficient (Wildman–Crippen LogP) is 3.89. The van der Waals surface area contributed by atoms with Crippen molar-refractivity contribution in [1.82, 2.24) is 10.2 Å². The number of aromatic nitrogens is 2. The lowest BCUT2D eigenvalue weighted by Gasteiger charge is -2.07. The molecule has 6 nitrogen and oxygen atoms in total. The summed E-state index contributed by atoms with van der Waals surface area (Å²) >= 11 is 1.33. The molecule has 0 bridgehead atoms. The maximum absolute atomic E-state index is 12.1. The second kappa shape index (κ2) is 9.05. The van der Waals surface area contributed by atoms with Crippen molar-refractivity contribution in [2.45, 2.75) is 5.03 Å². The average Bonchev–Trinajstić information content (AvgIpc) is 2.73. The van der Waals surface area contributed by atoms with E-state index in [1.807, 2.05) is 54.6 Å². The molecule has 1 N–H and O–H groups in total. The highest BCUT2D eigenvalue weighted by Crippen LogP contribution is 2.22. The third-order valence-electron chi connectivity index (χ3n) is 3.73. The zero-order valence-corrected chi connectivity index (χ0v) is 15.8. The minimum atomic E-state index is -0.116. The van der Waals surface area contributed by atoms with E-state index < -0.39 is 0 Å². The molecular formula is C20H19N3O3S. The first-order valence-corrected chi connectivity index (χ1v) is 9.21. The number of amides is 1. The summed E-state index contributed by atoms with van der Waals surface area (Å²) in [5, 5.41) is 11.9. The Morgan fingerprint density at radius 3 is 2.41 bits per heavy atom. The number of hydrogen-bond acceptors (Lipinski definition) is 6. The normalized spacial score (nSPS) is 10.3. The molecule has 1 amide bonds. The largest absolute Gasteiger partial charge is 0.497 e. The van der Waals surface area contributed by atoms with Crippen LogP contribution < -0.4 is 14.8 Å². The fourth-order valence-corrected chi connectivity index (χ4v) is 2.96. The predicted molar refractivity (Wildman–Crippen MR) is 106 cm³/mol. The van der Waals surface area contributed by atoms with Gasteiger partial charge in [-0.3, -0.25) is 4.79 Å². The number of carbonyl (C=O) groups is 1. The molecule has 0 spiro atoms. The van der Waals surface area contributed by atoms with Gasteiger partial charge in [-0.1, -0.05) is 17.8 Å². The molecule has 0 saturated carbocycles. The second-order valence-electron chi connectivity index (χ2n) is 5.55. The minimum absolute atomic E-state index is 0.116. The summed E-state index contributed by atoms with van der Waals surface area (Å²) in [5.41, 5.74) is 2.42. The SMILES string of the molecule is COc1ccc(-c2ccc(SCC(=O)Nc3cccc(OC)c3)nn2)cc1. The first kappa shape index (κ1) is 18.7. The molecule has 0 atom stereocenters. The molecule has 138 valence electrons. The third-order valence-corrected chi connectivity index (χ3v) is 4.65. The quantitative estimate of drug-likeness (QED) is 0.626. The van der Waals surface area contributed by atoms with Crippen LogP contribution in [0.5, 0.6) is 11.5 Å². The van der Waals surface area contributed by atoms with Crippen LogP contribution in [0.2, 0.25) is 0 Å². The highest BCUT2D eigenvalue weighted by atomic mass is 32.2. The zero-order chi connectivity index (χ0) is 19.1. The van der Waals surface area contributed by atoms with Gasteiger partial charge in [-0.2, -0.15) is 0 Å². The van der Waals surface area contributed by atoms with Crippen LogP contribution >= 0.6 is 11.8 Å². The highest BCUT2D eigenvalue weighted by molar-refractivity contribution is 7.99. The summed E-state index contributed by atoms with van der Waals surface area (Å²) in [6, 6.07) is 18.6. The lowest BCUT2D eigenvalue weighted by Crippen LogP contribution is -2.14. The molecule has 0 saturated heterocycles. The van der Waals surface area contributed by atoms with E-state index in [1.54, 1.807) is 20.3 Å². The molecule has 3 rings (SSSR count). The first-order chi connectivity index (χ1) is 13.2. The molecule has 0 aliphatic carbocycles. The third kappa shape index (κ3) is 5.21. The van der Waals surface area contributed by atoms with Gasteiger partial charge in [0.05, 0.1) is 25.7 Å². The smallest absolute Gasteiger partial charge is 0.234 e. The van der Waals surface area contributed by atoms with Crippen LogP contribution in [0.25, 0.3) is 11.3 Å². The fourth-order valence-electron chi connectivity index (χ4n) is 2.35. The second-order valence-corrected chi connectivity index (χ2v) is 6.55. The monoisotopic (exact) mass is 381 g/mol. The van der Waals surface area contributed by atoms with E-state index >= 15 is 0 Å². The lowest BCUT2D eigenvalue weighted by molar-refractivity contribution is -0.113. The Bertz CT molecular complexity index is 899. The molecule has 0 fully saturated rings. The van der Waals surface area contributed by atoms with E-state index in [9.17, 15) is 4.79 Å². The summed E-state index contributed by atoms with van der Waals surface area (Å²) in [6.45, 7) is 0. The lowest BCUT2D eigenvalue weighted by atomic mass is 10.1. The van der Waals surface area contributed by atoms with E-state index in [4.69, 9.17) is 9.47 Å². The van der Waals surface area contributed by atoms with Crippen LogP contribution in [0.1, 0.15) is 0 Å². The van der Waals surface area contributed by atoms with Crippen LogP contribution in [0.3, 0.4) is 0 Å². The Balaban J connectivity index is 1.55. The number of methoxy groups -OCH3 is 2. The van der Waals surface area contributed by atoms with Gasteiger partial charge in [-0.15, -0.1) is 10.2 Å². The molecular weight excluding hydrogens is 362 g/mol. The van der Waals surface area contributed by atoms with Gasteiger partial charge < -0.3 is 14.8 Å². The van der Waals surface area contributed by atoms with Crippen molar-refractivity contribution in [3.05, 3.63) is 60.7 Å². The Hall–Kier alpha value is -3.06. The molecule has 1 heterocycles. The average molecular weight is 381 g/mol. The molecule has 7 heteroatoms. The number of ether oxygens (including phenoxy) is 2. The maximum atomic E-state index is 12.1. The maximum Gasteiger partial charge on any atom is 0.234 e. The number of nitrogens with zero attached hydrogens (tertiary/aromatic N) is 2. The fraction of sp³-hybridized carbons (Fsp3) is 0.150. The van der Waals surface area contributed by atoms with Crippen LogP contribution in [0, 0.1) is 0 Å². The molecule has 0 radical (unpaired) electrons. The number of thioether (sulfide) groups is 1. The number of nitrogens with one attached hydrogen (secondary N) is 1. The van der Waals surface area contributed by atoms with Crippen molar-refractivity contribution in [1.29, 1.82) is 0 Å². The van der Waals surface area contributed by atoms with Crippen LogP contribution in [0.15, 0.2) is 65.7 Å². The van der Waals surface area contributed by atoms with Crippen molar-refractivity contribution in [3.63, 3.8) is 0 Å². The highest BCUT2D eigenvalue weighted by Gasteiger charge is 2.07. The number of carbonyl (C=O) groups excluding carboxylic acids is 1. The Labute approximate surface area is 161 Å². The van der Waals surface area contributed by atoms with Gasteiger partial charge in [0.25, 0.3) is 0 Å². The summed E-state index contributed by atoms with van der Waals surface area (Å²) in [4.78, 5) is 12.1. The van der Waals surface area contributed by atoms with Gasteiger partial charge in [-0.05, 0) is 48.5 Å². The van der Waals surface area contributed by atoms with Gasteiger partial charge in [0.2, 0.25) is 5.91 Å². The molecule has 3 aromatic rings. The summed E-state index contributed by atoms with van der Waals surface area (Å²) in [7, 11) is 3.22. The molecule has 1 aromatic heterocycles. The van der Waals surface area contributed by atoms with Crippen molar-refractivity contribution in [2.24, 2.45) is 0 Å². The topological polar surface area (TPSA) is 73.3 Å². The van der Waals surface area contributed by atoms with Gasteiger partial charge in [0.1, 0.15) is 16.5 Å². The Kier molecular flexibility index (Phi) is 6.27. The van der Waals surface area contributed by atoms with Crippen molar-refractivity contribution >= 4 is 23.4 Å². The van der Waals surface area contributed by atoms with E-state index in [0.29, 0.717) is 16.5 Å². The standard InChI is InChI=1S/C20H19N3O3S/c1-25-16-8-6-14(7-9-16)18-10-11-20(23-22-18)27-13-19(24)21-15-4-3-5-17(12-15)26-2/h3-12H,13H2,1-2H3,(H,21,24). The number of benzene rings is 2. The number of anilines is 1. The van der Waals surface area contributed by atoms with Crippen LogP contribution in [-0.2, 0) is 4.79 Å². The van der Waals surface area contributed by atoms with Crippen LogP contribution in [0.4, 0.5) is 5.69 Å². The minimum Gasteiger partial charge on any atom is -0.497 e. The van der Waals surface area contributed by atoms with Crippen LogP contribution in [-0.4, -0.2) is 36.1 Å². The van der Waals surface area contributed by atoms with E-state index in [0.717, 1.165) is 17.0 Å². The van der Waals surface area contributed by atoms with Gasteiger partial charge in [0, 0.05) is 17.3 Å².